The molecular formula is C19H33N5O2S. The van der Waals surface area contributed by atoms with E-state index in [0.29, 0.717) is 19.5 Å². The van der Waals surface area contributed by atoms with E-state index in [2.05, 4.69) is 56.0 Å². The smallest absolute Gasteiger partial charge is 0.211 e. The lowest BCUT2D eigenvalue weighted by atomic mass is 10.2. The van der Waals surface area contributed by atoms with Crippen LogP contribution in [0, 0.1) is 0 Å². The van der Waals surface area contributed by atoms with E-state index in [1.165, 1.54) is 5.56 Å². The van der Waals surface area contributed by atoms with E-state index < -0.39 is 10.0 Å². The lowest BCUT2D eigenvalue weighted by Gasteiger charge is -2.36. The zero-order valence-electron chi connectivity index (χ0n) is 16.5. The van der Waals surface area contributed by atoms with E-state index in [4.69, 9.17) is 0 Å². The highest BCUT2D eigenvalue weighted by Gasteiger charge is 2.19. The van der Waals surface area contributed by atoms with E-state index in [9.17, 15) is 8.42 Å². The summed E-state index contributed by atoms with van der Waals surface area (Å²) in [5.74, 6) is 1.04. The van der Waals surface area contributed by atoms with E-state index in [0.717, 1.165) is 45.2 Å². The molecule has 0 amide bonds. The van der Waals surface area contributed by atoms with Gasteiger partial charge in [0.25, 0.3) is 0 Å². The van der Waals surface area contributed by atoms with Crippen LogP contribution in [-0.4, -0.2) is 75.7 Å². The number of rotatable bonds is 9. The summed E-state index contributed by atoms with van der Waals surface area (Å²) in [4.78, 5) is 9.43. The number of nitrogens with zero attached hydrogens (tertiary/aromatic N) is 3. The highest BCUT2D eigenvalue weighted by atomic mass is 32.2. The topological polar surface area (TPSA) is 77.0 Å². The minimum atomic E-state index is -3.11. The van der Waals surface area contributed by atoms with Crippen LogP contribution in [0.15, 0.2) is 35.3 Å². The standard InChI is InChI=1S/C19H33N5O2S/c1-3-20-19(21-11-8-12-22-27(25,26)4-2)24-15-13-23(14-16-24)17-18-9-6-5-7-10-18/h5-7,9-10,22H,3-4,8,11-17H2,1-2H3,(H,20,21). The number of hydrogen-bond donors (Lipinski definition) is 2. The lowest BCUT2D eigenvalue weighted by Crippen LogP contribution is -2.52. The quantitative estimate of drug-likeness (QED) is 0.372. The molecule has 1 saturated heterocycles. The van der Waals surface area contributed by atoms with Crippen LogP contribution in [0.2, 0.25) is 0 Å². The van der Waals surface area contributed by atoms with Gasteiger partial charge < -0.3 is 10.2 Å². The molecule has 1 aromatic rings. The SMILES string of the molecule is CCNC(=NCCCNS(=O)(=O)CC)N1CCN(Cc2ccccc2)CC1. The predicted molar refractivity (Wildman–Crippen MR) is 111 cm³/mol. The Morgan fingerprint density at radius 1 is 1.11 bits per heavy atom. The fraction of sp³-hybridized carbons (Fsp3) is 0.632. The normalized spacial score (nSPS) is 16.5. The summed E-state index contributed by atoms with van der Waals surface area (Å²) in [7, 11) is -3.11. The van der Waals surface area contributed by atoms with Crippen LogP contribution in [0.3, 0.4) is 0 Å². The van der Waals surface area contributed by atoms with Crippen LogP contribution in [-0.2, 0) is 16.6 Å². The van der Waals surface area contributed by atoms with Crippen LogP contribution in [0.1, 0.15) is 25.8 Å². The van der Waals surface area contributed by atoms with E-state index in [1.807, 2.05) is 6.07 Å². The minimum absolute atomic E-state index is 0.117. The Morgan fingerprint density at radius 3 is 2.44 bits per heavy atom. The van der Waals surface area contributed by atoms with Crippen molar-refractivity contribution < 1.29 is 8.42 Å². The van der Waals surface area contributed by atoms with Crippen LogP contribution >= 0.6 is 0 Å². The zero-order chi connectivity index (χ0) is 19.5. The van der Waals surface area contributed by atoms with Crippen molar-refractivity contribution in [2.45, 2.75) is 26.8 Å². The molecule has 0 saturated carbocycles. The second-order valence-corrected chi connectivity index (χ2v) is 8.73. The van der Waals surface area contributed by atoms with Gasteiger partial charge in [-0.05, 0) is 25.8 Å². The Hall–Kier alpha value is -1.64. The summed E-state index contributed by atoms with van der Waals surface area (Å²) in [6.45, 7) is 10.5. The summed E-state index contributed by atoms with van der Waals surface area (Å²) in [6.07, 6.45) is 0.697. The van der Waals surface area contributed by atoms with Gasteiger partial charge in [-0.2, -0.15) is 0 Å². The molecule has 152 valence electrons. The van der Waals surface area contributed by atoms with Gasteiger partial charge in [-0.15, -0.1) is 0 Å². The van der Waals surface area contributed by atoms with Crippen molar-refractivity contribution >= 4 is 16.0 Å². The van der Waals surface area contributed by atoms with Gasteiger partial charge in [-0.3, -0.25) is 9.89 Å². The Bertz CT molecular complexity index is 671. The monoisotopic (exact) mass is 395 g/mol. The second-order valence-electron chi connectivity index (χ2n) is 6.64. The third-order valence-corrected chi connectivity index (χ3v) is 5.96. The average Bonchev–Trinajstić information content (AvgIpc) is 2.68. The van der Waals surface area contributed by atoms with Crippen LogP contribution in [0.5, 0.6) is 0 Å². The summed E-state index contributed by atoms with van der Waals surface area (Å²) in [5, 5.41) is 3.35. The molecule has 0 radical (unpaired) electrons. The van der Waals surface area contributed by atoms with Crippen LogP contribution in [0.4, 0.5) is 0 Å². The molecule has 27 heavy (non-hydrogen) atoms. The first-order chi connectivity index (χ1) is 13.0. The number of aliphatic imine (C=N–C) groups is 1. The number of benzene rings is 1. The molecule has 1 aliphatic rings. The van der Waals surface area contributed by atoms with Crippen molar-refractivity contribution in [2.24, 2.45) is 4.99 Å². The van der Waals surface area contributed by atoms with Crippen molar-refractivity contribution in [1.82, 2.24) is 19.8 Å². The minimum Gasteiger partial charge on any atom is -0.357 e. The van der Waals surface area contributed by atoms with Gasteiger partial charge in [0, 0.05) is 52.4 Å². The maximum atomic E-state index is 11.4. The first-order valence-electron chi connectivity index (χ1n) is 9.81. The third-order valence-electron chi connectivity index (χ3n) is 4.55. The van der Waals surface area contributed by atoms with E-state index in [1.54, 1.807) is 6.92 Å². The molecule has 2 rings (SSSR count). The molecule has 0 spiro atoms. The fourth-order valence-corrected chi connectivity index (χ4v) is 3.64. The van der Waals surface area contributed by atoms with Gasteiger partial charge >= 0.3 is 0 Å². The third kappa shape index (κ3) is 7.86. The number of hydrogen-bond acceptors (Lipinski definition) is 4. The number of sulfonamides is 1. The molecule has 0 aliphatic carbocycles. The first-order valence-corrected chi connectivity index (χ1v) is 11.5. The van der Waals surface area contributed by atoms with Crippen molar-refractivity contribution in [2.75, 3.05) is 51.6 Å². The summed E-state index contributed by atoms with van der Waals surface area (Å²) in [6, 6.07) is 10.6. The molecule has 1 aliphatic heterocycles. The molecule has 1 aromatic carbocycles. The molecule has 8 heteroatoms. The van der Waals surface area contributed by atoms with Gasteiger partial charge in [0.1, 0.15) is 0 Å². The highest BCUT2D eigenvalue weighted by Crippen LogP contribution is 2.08. The number of guanidine groups is 1. The molecule has 1 fully saturated rings. The predicted octanol–water partition coefficient (Wildman–Crippen LogP) is 1.10. The fourth-order valence-electron chi connectivity index (χ4n) is 2.98. The lowest BCUT2D eigenvalue weighted by molar-refractivity contribution is 0.172. The summed E-state index contributed by atoms with van der Waals surface area (Å²) in [5.41, 5.74) is 1.35. The number of piperazine rings is 1. The second kappa shape index (κ2) is 11.3. The molecule has 0 bridgehead atoms. The Morgan fingerprint density at radius 2 is 1.81 bits per heavy atom. The summed E-state index contributed by atoms with van der Waals surface area (Å²) >= 11 is 0. The van der Waals surface area contributed by atoms with Gasteiger partial charge in [0.05, 0.1) is 5.75 Å². The van der Waals surface area contributed by atoms with Crippen molar-refractivity contribution in [3.05, 3.63) is 35.9 Å². The molecule has 2 N–H and O–H groups in total. The molecule has 7 nitrogen and oxygen atoms in total. The van der Waals surface area contributed by atoms with Gasteiger partial charge in [0.15, 0.2) is 5.96 Å². The van der Waals surface area contributed by atoms with Crippen LogP contribution < -0.4 is 10.0 Å². The number of nitrogens with one attached hydrogen (secondary N) is 2. The van der Waals surface area contributed by atoms with Crippen LogP contribution in [0.25, 0.3) is 0 Å². The molecule has 0 atom stereocenters. The highest BCUT2D eigenvalue weighted by molar-refractivity contribution is 7.89. The van der Waals surface area contributed by atoms with Crippen molar-refractivity contribution in [3.63, 3.8) is 0 Å². The average molecular weight is 396 g/mol. The Kier molecular flexibility index (Phi) is 9.03. The van der Waals surface area contributed by atoms with E-state index >= 15 is 0 Å². The maximum Gasteiger partial charge on any atom is 0.211 e. The Labute approximate surface area is 163 Å². The summed E-state index contributed by atoms with van der Waals surface area (Å²) < 4.78 is 25.5. The van der Waals surface area contributed by atoms with Gasteiger partial charge in [0.2, 0.25) is 10.0 Å². The largest absolute Gasteiger partial charge is 0.357 e. The van der Waals surface area contributed by atoms with Crippen molar-refractivity contribution in [3.8, 4) is 0 Å². The zero-order valence-corrected chi connectivity index (χ0v) is 17.3. The first kappa shape index (κ1) is 21.7. The van der Waals surface area contributed by atoms with Crippen molar-refractivity contribution in [1.29, 1.82) is 0 Å². The molecule has 0 unspecified atom stereocenters. The van der Waals surface area contributed by atoms with E-state index in [-0.39, 0.29) is 5.75 Å². The maximum absolute atomic E-state index is 11.4. The molecular weight excluding hydrogens is 362 g/mol. The molecule has 1 heterocycles. The van der Waals surface area contributed by atoms with Gasteiger partial charge in [-0.25, -0.2) is 13.1 Å². The molecule has 0 aromatic heterocycles. The Balaban J connectivity index is 1.77. The van der Waals surface area contributed by atoms with Gasteiger partial charge in [-0.1, -0.05) is 30.3 Å².